The van der Waals surface area contributed by atoms with E-state index in [2.05, 4.69) is 0 Å². The van der Waals surface area contributed by atoms with Crippen molar-refractivity contribution < 1.29 is 36.3 Å². The van der Waals surface area contributed by atoms with Gasteiger partial charge in [0.15, 0.2) is 0 Å². The van der Waals surface area contributed by atoms with Crippen LogP contribution >= 0.6 is 11.6 Å². The predicted octanol–water partition coefficient (Wildman–Crippen LogP) is 7.31. The number of imide groups is 1. The molecule has 0 spiro atoms. The molecule has 0 aromatic heterocycles. The summed E-state index contributed by atoms with van der Waals surface area (Å²) in [4.78, 5) is 24.8. The van der Waals surface area contributed by atoms with Crippen LogP contribution in [-0.2, 0) is 6.18 Å². The van der Waals surface area contributed by atoms with Crippen LogP contribution in [0, 0.1) is 11.6 Å². The maximum absolute atomic E-state index is 14.1. The normalized spacial score (nSPS) is 11.4. The van der Waals surface area contributed by atoms with Crippen LogP contribution in [0.4, 0.5) is 32.4 Å². The van der Waals surface area contributed by atoms with Gasteiger partial charge < -0.3 is 10.5 Å². The Morgan fingerprint density at radius 3 is 2.06 bits per heavy atom. The molecule has 0 unspecified atom stereocenters. The van der Waals surface area contributed by atoms with Gasteiger partial charge in [0.1, 0.15) is 34.3 Å². The molecule has 4 aromatic carbocycles. The zero-order valence-electron chi connectivity index (χ0n) is 17.9. The first-order chi connectivity index (χ1) is 17.0. The third kappa shape index (κ3) is 4.67. The first-order valence-electron chi connectivity index (χ1n) is 10.1. The summed E-state index contributed by atoms with van der Waals surface area (Å²) in [6.07, 6.45) is -5.01. The monoisotopic (exact) mass is 520 g/mol. The topological polar surface area (TPSA) is 72.6 Å². The van der Waals surface area contributed by atoms with Crippen molar-refractivity contribution in [2.75, 3.05) is 4.90 Å². The average molecular weight is 521 g/mol. The highest BCUT2D eigenvalue weighted by molar-refractivity contribution is 6.35. The molecule has 4 rings (SSSR count). The van der Waals surface area contributed by atoms with Gasteiger partial charge in [-0.1, -0.05) is 41.9 Å². The van der Waals surface area contributed by atoms with E-state index in [1.807, 2.05) is 0 Å². The average Bonchev–Trinajstić information content (AvgIpc) is 2.81. The molecule has 0 aliphatic carbocycles. The highest BCUT2D eigenvalue weighted by Gasteiger charge is 2.37. The number of benzene rings is 4. The minimum Gasteiger partial charge on any atom is -0.456 e. The standard InChI is InChI=1S/C25H14ClF5N2O3/c26-17-9-11-20(15-5-2-1-4-14(15)17)36-21-10-8-13(12-16(21)25(29,30)31)33(24(32)35)23(34)22-18(27)6-3-7-19(22)28/h1-12H,(H2,32,35). The van der Waals surface area contributed by atoms with Crippen LogP contribution in [0.2, 0.25) is 5.02 Å². The molecule has 0 fully saturated rings. The first-order valence-corrected chi connectivity index (χ1v) is 10.5. The maximum Gasteiger partial charge on any atom is 0.420 e. The molecule has 0 saturated heterocycles. The summed E-state index contributed by atoms with van der Waals surface area (Å²) in [6, 6.07) is 12.6. The molecule has 36 heavy (non-hydrogen) atoms. The Hall–Kier alpha value is -4.18. The maximum atomic E-state index is 14.1. The van der Waals surface area contributed by atoms with Crippen molar-refractivity contribution in [3.8, 4) is 11.5 Å². The molecule has 0 atom stereocenters. The second kappa shape index (κ2) is 9.46. The summed E-state index contributed by atoms with van der Waals surface area (Å²) in [5.74, 6) is -4.82. The van der Waals surface area contributed by atoms with Gasteiger partial charge in [-0.05, 0) is 42.5 Å². The van der Waals surface area contributed by atoms with Gasteiger partial charge >= 0.3 is 12.2 Å². The Morgan fingerprint density at radius 2 is 1.44 bits per heavy atom. The summed E-state index contributed by atoms with van der Waals surface area (Å²) in [7, 11) is 0. The lowest BCUT2D eigenvalue weighted by atomic mass is 10.1. The third-order valence-electron chi connectivity index (χ3n) is 5.18. The Kier molecular flexibility index (Phi) is 6.55. The molecule has 0 bridgehead atoms. The molecule has 0 saturated carbocycles. The van der Waals surface area contributed by atoms with E-state index in [0.29, 0.717) is 21.9 Å². The lowest BCUT2D eigenvalue weighted by Crippen LogP contribution is -2.41. The predicted molar refractivity (Wildman–Crippen MR) is 123 cm³/mol. The smallest absolute Gasteiger partial charge is 0.420 e. The summed E-state index contributed by atoms with van der Waals surface area (Å²) >= 11 is 6.15. The number of ether oxygens (including phenoxy) is 1. The second-order valence-electron chi connectivity index (χ2n) is 7.45. The summed E-state index contributed by atoms with van der Waals surface area (Å²) < 4.78 is 75.8. The number of amides is 3. The Balaban J connectivity index is 1.81. The van der Waals surface area contributed by atoms with Gasteiger partial charge in [-0.15, -0.1) is 0 Å². The largest absolute Gasteiger partial charge is 0.456 e. The van der Waals surface area contributed by atoms with E-state index in [1.54, 1.807) is 24.3 Å². The fourth-order valence-electron chi connectivity index (χ4n) is 3.57. The van der Waals surface area contributed by atoms with Crippen molar-refractivity contribution in [3.63, 3.8) is 0 Å². The zero-order valence-corrected chi connectivity index (χ0v) is 18.7. The SMILES string of the molecule is NC(=O)N(C(=O)c1c(F)cccc1F)c1ccc(Oc2ccc(Cl)c3ccccc23)c(C(F)(F)F)c1. The summed E-state index contributed by atoms with van der Waals surface area (Å²) in [5.41, 5.74) is 2.01. The number of primary amides is 1. The van der Waals surface area contributed by atoms with Gasteiger partial charge in [0.05, 0.1) is 5.69 Å². The van der Waals surface area contributed by atoms with E-state index >= 15 is 0 Å². The van der Waals surface area contributed by atoms with E-state index in [-0.39, 0.29) is 10.6 Å². The zero-order chi connectivity index (χ0) is 26.2. The van der Waals surface area contributed by atoms with Crippen LogP contribution in [0.25, 0.3) is 10.8 Å². The van der Waals surface area contributed by atoms with Crippen molar-refractivity contribution >= 4 is 40.0 Å². The van der Waals surface area contributed by atoms with E-state index in [0.717, 1.165) is 30.3 Å². The molecule has 0 heterocycles. The van der Waals surface area contributed by atoms with Crippen LogP contribution in [0.1, 0.15) is 15.9 Å². The molecule has 4 aromatic rings. The third-order valence-corrected chi connectivity index (χ3v) is 5.51. The lowest BCUT2D eigenvalue weighted by Gasteiger charge is -2.22. The van der Waals surface area contributed by atoms with Crippen LogP contribution in [-0.4, -0.2) is 11.9 Å². The number of rotatable bonds is 4. The number of fused-ring (bicyclic) bond motifs is 1. The highest BCUT2D eigenvalue weighted by atomic mass is 35.5. The fraction of sp³-hybridized carbons (Fsp3) is 0.0400. The van der Waals surface area contributed by atoms with E-state index < -0.39 is 52.3 Å². The number of carbonyl (C=O) groups excluding carboxylic acids is 2. The van der Waals surface area contributed by atoms with Crippen molar-refractivity contribution in [1.82, 2.24) is 0 Å². The number of hydrogen-bond donors (Lipinski definition) is 1. The number of carbonyl (C=O) groups is 2. The summed E-state index contributed by atoms with van der Waals surface area (Å²) in [5, 5.41) is 1.34. The molecular formula is C25H14ClF5N2O3. The lowest BCUT2D eigenvalue weighted by molar-refractivity contribution is -0.138. The molecule has 2 N–H and O–H groups in total. The van der Waals surface area contributed by atoms with Gasteiger partial charge in [0.25, 0.3) is 5.91 Å². The number of nitrogens with zero attached hydrogens (tertiary/aromatic N) is 1. The Morgan fingerprint density at radius 1 is 0.833 bits per heavy atom. The van der Waals surface area contributed by atoms with Crippen LogP contribution in [0.15, 0.2) is 72.8 Å². The number of alkyl halides is 3. The van der Waals surface area contributed by atoms with Gasteiger partial charge in [-0.25, -0.2) is 18.5 Å². The van der Waals surface area contributed by atoms with Gasteiger partial charge in [0.2, 0.25) is 0 Å². The van der Waals surface area contributed by atoms with Crippen molar-refractivity contribution in [2.24, 2.45) is 5.73 Å². The van der Waals surface area contributed by atoms with Gasteiger partial charge in [0, 0.05) is 15.8 Å². The molecular weight excluding hydrogens is 507 g/mol. The number of hydrogen-bond acceptors (Lipinski definition) is 3. The fourth-order valence-corrected chi connectivity index (χ4v) is 3.80. The summed E-state index contributed by atoms with van der Waals surface area (Å²) in [6.45, 7) is 0. The quantitative estimate of drug-likeness (QED) is 0.287. The Bertz CT molecular complexity index is 1490. The molecule has 0 radical (unpaired) electrons. The molecule has 184 valence electrons. The van der Waals surface area contributed by atoms with Crippen LogP contribution < -0.4 is 15.4 Å². The second-order valence-corrected chi connectivity index (χ2v) is 7.85. The van der Waals surface area contributed by atoms with Crippen LogP contribution in [0.5, 0.6) is 11.5 Å². The van der Waals surface area contributed by atoms with Crippen LogP contribution in [0.3, 0.4) is 0 Å². The number of urea groups is 1. The van der Waals surface area contributed by atoms with Crippen molar-refractivity contribution in [3.05, 3.63) is 101 Å². The van der Waals surface area contributed by atoms with E-state index in [1.165, 1.54) is 12.1 Å². The molecule has 0 aliphatic rings. The van der Waals surface area contributed by atoms with Gasteiger partial charge in [-0.3, -0.25) is 4.79 Å². The molecule has 0 aliphatic heterocycles. The van der Waals surface area contributed by atoms with E-state index in [4.69, 9.17) is 22.1 Å². The minimum absolute atomic E-state index is 0.0399. The minimum atomic E-state index is -5.01. The number of anilines is 1. The van der Waals surface area contributed by atoms with E-state index in [9.17, 15) is 31.5 Å². The van der Waals surface area contributed by atoms with Crippen molar-refractivity contribution in [2.45, 2.75) is 6.18 Å². The molecule has 11 heteroatoms. The highest BCUT2D eigenvalue weighted by Crippen LogP contribution is 2.42. The number of nitrogens with two attached hydrogens (primary N) is 1. The molecule has 5 nitrogen and oxygen atoms in total. The van der Waals surface area contributed by atoms with Crippen molar-refractivity contribution in [1.29, 1.82) is 0 Å². The number of halogens is 6. The van der Waals surface area contributed by atoms with Gasteiger partial charge in [-0.2, -0.15) is 13.2 Å². The first kappa shape index (κ1) is 24.9. The Labute approximate surface area is 205 Å². The molecule has 3 amide bonds.